The molecule has 2 rings (SSSR count). The van der Waals surface area contributed by atoms with Gasteiger partial charge >= 0.3 is 5.97 Å². The predicted molar refractivity (Wildman–Crippen MR) is 98.9 cm³/mol. The Hall–Kier alpha value is -2.24. The molecular formula is C20H29NO5. The highest BCUT2D eigenvalue weighted by Crippen LogP contribution is 2.30. The molecule has 0 aliphatic carbocycles. The second kappa shape index (κ2) is 10.0. The Morgan fingerprint density at radius 1 is 1.08 bits per heavy atom. The minimum Gasteiger partial charge on any atom is -0.490 e. The summed E-state index contributed by atoms with van der Waals surface area (Å²) in [4.78, 5) is 25.4. The number of aliphatic carboxylic acids is 1. The summed E-state index contributed by atoms with van der Waals surface area (Å²) in [7, 11) is 0. The van der Waals surface area contributed by atoms with Crippen molar-refractivity contribution in [2.45, 2.75) is 46.0 Å². The van der Waals surface area contributed by atoms with Gasteiger partial charge in [-0.05, 0) is 49.8 Å². The number of likely N-dealkylation sites (tertiary alicyclic amines) is 1. The first-order valence-corrected chi connectivity index (χ1v) is 9.45. The lowest BCUT2D eigenvalue weighted by Gasteiger charge is -2.31. The van der Waals surface area contributed by atoms with Crippen LogP contribution in [-0.4, -0.2) is 48.2 Å². The smallest absolute Gasteiger partial charge is 0.303 e. The van der Waals surface area contributed by atoms with Gasteiger partial charge in [0, 0.05) is 25.1 Å². The molecule has 1 fully saturated rings. The molecule has 0 radical (unpaired) electrons. The normalized spacial score (nSPS) is 14.9. The van der Waals surface area contributed by atoms with Crippen LogP contribution in [0.4, 0.5) is 0 Å². The topological polar surface area (TPSA) is 76.1 Å². The van der Waals surface area contributed by atoms with Crippen molar-refractivity contribution in [3.8, 4) is 11.5 Å². The van der Waals surface area contributed by atoms with E-state index in [1.807, 2.05) is 13.8 Å². The fraction of sp³-hybridized carbons (Fsp3) is 0.600. The van der Waals surface area contributed by atoms with Gasteiger partial charge in [0.2, 0.25) is 0 Å². The molecule has 1 aromatic carbocycles. The standard InChI is InChI=1S/C20H29NO5/c1-3-11-25-17-6-5-16(14-18(17)26-12-4-2)20(24)21-9-7-15(8-10-21)13-19(22)23/h5-6,14-15H,3-4,7-13H2,1-2H3,(H,22,23). The number of rotatable bonds is 9. The zero-order valence-corrected chi connectivity index (χ0v) is 15.7. The minimum atomic E-state index is -0.768. The van der Waals surface area contributed by atoms with Crippen LogP contribution in [0.5, 0.6) is 11.5 Å². The number of nitrogens with zero attached hydrogens (tertiary/aromatic N) is 1. The third kappa shape index (κ3) is 5.64. The van der Waals surface area contributed by atoms with E-state index in [-0.39, 0.29) is 18.2 Å². The fourth-order valence-corrected chi connectivity index (χ4v) is 3.07. The number of carboxylic acids is 1. The minimum absolute atomic E-state index is 0.0397. The molecule has 0 aromatic heterocycles. The molecule has 0 saturated carbocycles. The van der Waals surface area contributed by atoms with Gasteiger partial charge in [-0.2, -0.15) is 0 Å². The van der Waals surface area contributed by atoms with Crippen molar-refractivity contribution in [2.75, 3.05) is 26.3 Å². The number of amides is 1. The fourth-order valence-electron chi connectivity index (χ4n) is 3.07. The SMILES string of the molecule is CCCOc1ccc(C(=O)N2CCC(CC(=O)O)CC2)cc1OCCC. The van der Waals surface area contributed by atoms with Crippen LogP contribution in [0.2, 0.25) is 0 Å². The summed E-state index contributed by atoms with van der Waals surface area (Å²) in [5.74, 6) is 0.617. The van der Waals surface area contributed by atoms with Crippen molar-refractivity contribution in [2.24, 2.45) is 5.92 Å². The molecule has 1 heterocycles. The first-order valence-electron chi connectivity index (χ1n) is 9.45. The maximum absolute atomic E-state index is 12.8. The number of piperidine rings is 1. The highest BCUT2D eigenvalue weighted by Gasteiger charge is 2.25. The summed E-state index contributed by atoms with van der Waals surface area (Å²) < 4.78 is 11.5. The van der Waals surface area contributed by atoms with E-state index in [1.54, 1.807) is 23.1 Å². The van der Waals surface area contributed by atoms with Crippen LogP contribution >= 0.6 is 0 Å². The number of ether oxygens (including phenoxy) is 2. The highest BCUT2D eigenvalue weighted by atomic mass is 16.5. The van der Waals surface area contributed by atoms with E-state index >= 15 is 0 Å². The van der Waals surface area contributed by atoms with Crippen LogP contribution in [0.25, 0.3) is 0 Å². The van der Waals surface area contributed by atoms with Gasteiger partial charge in [0.05, 0.1) is 13.2 Å². The summed E-state index contributed by atoms with van der Waals surface area (Å²) in [6, 6.07) is 5.33. The van der Waals surface area contributed by atoms with Gasteiger partial charge in [0.25, 0.3) is 5.91 Å². The lowest BCUT2D eigenvalue weighted by molar-refractivity contribution is -0.138. The van der Waals surface area contributed by atoms with Crippen LogP contribution in [0.3, 0.4) is 0 Å². The quantitative estimate of drug-likeness (QED) is 0.725. The van der Waals surface area contributed by atoms with Crippen LogP contribution in [0, 0.1) is 5.92 Å². The molecule has 26 heavy (non-hydrogen) atoms. The van der Waals surface area contributed by atoms with Crippen molar-refractivity contribution in [1.29, 1.82) is 0 Å². The number of carbonyl (C=O) groups is 2. The van der Waals surface area contributed by atoms with Crippen LogP contribution in [-0.2, 0) is 4.79 Å². The summed E-state index contributed by atoms with van der Waals surface area (Å²) in [6.07, 6.45) is 3.42. The van der Waals surface area contributed by atoms with Crippen molar-refractivity contribution in [1.82, 2.24) is 4.90 Å². The van der Waals surface area contributed by atoms with Crippen molar-refractivity contribution in [3.63, 3.8) is 0 Å². The molecule has 1 amide bonds. The molecule has 1 aliphatic rings. The molecule has 144 valence electrons. The molecule has 1 saturated heterocycles. The molecule has 0 bridgehead atoms. The maximum Gasteiger partial charge on any atom is 0.303 e. The Balaban J connectivity index is 2.05. The molecule has 1 aliphatic heterocycles. The average Bonchev–Trinajstić information content (AvgIpc) is 2.64. The van der Waals surface area contributed by atoms with Gasteiger partial charge in [0.15, 0.2) is 11.5 Å². The van der Waals surface area contributed by atoms with E-state index in [4.69, 9.17) is 14.6 Å². The molecular weight excluding hydrogens is 334 g/mol. The van der Waals surface area contributed by atoms with Gasteiger partial charge in [-0.3, -0.25) is 9.59 Å². The molecule has 0 unspecified atom stereocenters. The van der Waals surface area contributed by atoms with Gasteiger partial charge in [0.1, 0.15) is 0 Å². The van der Waals surface area contributed by atoms with Crippen LogP contribution in [0.1, 0.15) is 56.3 Å². The number of hydrogen-bond acceptors (Lipinski definition) is 4. The van der Waals surface area contributed by atoms with E-state index in [0.717, 1.165) is 25.7 Å². The molecule has 6 heteroatoms. The number of carbonyl (C=O) groups excluding carboxylic acids is 1. The maximum atomic E-state index is 12.8. The van der Waals surface area contributed by atoms with Gasteiger partial charge in [-0.25, -0.2) is 0 Å². The number of carboxylic acid groups (broad SMARTS) is 1. The molecule has 1 N–H and O–H groups in total. The first kappa shape index (κ1) is 20.1. The second-order valence-corrected chi connectivity index (χ2v) is 6.69. The van der Waals surface area contributed by atoms with Gasteiger partial charge in [-0.1, -0.05) is 13.8 Å². The number of benzene rings is 1. The summed E-state index contributed by atoms with van der Waals surface area (Å²) in [5.41, 5.74) is 0.580. The Morgan fingerprint density at radius 3 is 2.27 bits per heavy atom. The molecule has 1 aromatic rings. The third-order valence-corrected chi connectivity index (χ3v) is 4.48. The number of hydrogen-bond donors (Lipinski definition) is 1. The Bertz CT molecular complexity index is 608. The van der Waals surface area contributed by atoms with Gasteiger partial charge in [-0.15, -0.1) is 0 Å². The lowest BCUT2D eigenvalue weighted by Crippen LogP contribution is -2.38. The van der Waals surface area contributed by atoms with Crippen molar-refractivity contribution < 1.29 is 24.2 Å². The summed E-state index contributed by atoms with van der Waals surface area (Å²) in [6.45, 7) is 6.43. The zero-order chi connectivity index (χ0) is 18.9. The summed E-state index contributed by atoms with van der Waals surface area (Å²) in [5, 5.41) is 8.90. The predicted octanol–water partition coefficient (Wildman–Crippen LogP) is 3.59. The first-order chi connectivity index (χ1) is 12.5. The average molecular weight is 363 g/mol. The summed E-state index contributed by atoms with van der Waals surface area (Å²) >= 11 is 0. The van der Waals surface area contributed by atoms with E-state index in [1.165, 1.54) is 0 Å². The van der Waals surface area contributed by atoms with E-state index in [0.29, 0.717) is 43.4 Å². The monoisotopic (exact) mass is 363 g/mol. The Kier molecular flexibility index (Phi) is 7.75. The largest absolute Gasteiger partial charge is 0.490 e. The van der Waals surface area contributed by atoms with Crippen LogP contribution < -0.4 is 9.47 Å². The van der Waals surface area contributed by atoms with Crippen molar-refractivity contribution in [3.05, 3.63) is 23.8 Å². The van der Waals surface area contributed by atoms with Gasteiger partial charge < -0.3 is 19.5 Å². The third-order valence-electron chi connectivity index (χ3n) is 4.48. The highest BCUT2D eigenvalue weighted by molar-refractivity contribution is 5.95. The van der Waals surface area contributed by atoms with E-state index in [2.05, 4.69) is 0 Å². The second-order valence-electron chi connectivity index (χ2n) is 6.69. The molecule has 0 atom stereocenters. The van der Waals surface area contributed by atoms with E-state index < -0.39 is 5.97 Å². The Labute approximate surface area is 155 Å². The Morgan fingerprint density at radius 2 is 1.69 bits per heavy atom. The lowest BCUT2D eigenvalue weighted by atomic mass is 9.93. The van der Waals surface area contributed by atoms with Crippen LogP contribution in [0.15, 0.2) is 18.2 Å². The molecule has 0 spiro atoms. The van der Waals surface area contributed by atoms with Crippen molar-refractivity contribution >= 4 is 11.9 Å². The van der Waals surface area contributed by atoms with E-state index in [9.17, 15) is 9.59 Å². The molecule has 6 nitrogen and oxygen atoms in total. The zero-order valence-electron chi connectivity index (χ0n) is 15.7.